The molecule has 0 atom stereocenters. The predicted molar refractivity (Wildman–Crippen MR) is 240 cm³/mol. The average Bonchev–Trinajstić information content (AvgIpc) is 3.25. The Morgan fingerprint density at radius 2 is 0.857 bits per heavy atom. The van der Waals surface area contributed by atoms with E-state index < -0.39 is 11.9 Å². The first-order chi connectivity index (χ1) is 30.2. The van der Waals surface area contributed by atoms with Gasteiger partial charge in [-0.1, -0.05) is 31.7 Å². The van der Waals surface area contributed by atoms with Crippen LogP contribution in [0.2, 0.25) is 0 Å². The zero-order valence-corrected chi connectivity index (χ0v) is 35.6. The lowest BCUT2D eigenvalue weighted by Crippen LogP contribution is -2.50. The van der Waals surface area contributed by atoms with Crippen LogP contribution in [0.25, 0.3) is 0 Å². The van der Waals surface area contributed by atoms with Gasteiger partial charge in [-0.3, -0.25) is 68.5 Å². The van der Waals surface area contributed by atoms with Gasteiger partial charge in [0.25, 0.3) is 0 Å². The van der Waals surface area contributed by atoms with Gasteiger partial charge < -0.3 is 15.5 Å². The first kappa shape index (κ1) is 50.1. The van der Waals surface area contributed by atoms with Gasteiger partial charge in [-0.05, 0) is 61.5 Å². The van der Waals surface area contributed by atoms with Gasteiger partial charge in [-0.2, -0.15) is 0 Å². The molecule has 0 bridgehead atoms. The highest BCUT2D eigenvalue weighted by Crippen LogP contribution is 2.11. The number of pyridine rings is 4. The Labute approximate surface area is 371 Å². The van der Waals surface area contributed by atoms with Crippen molar-refractivity contribution in [1.29, 1.82) is 0 Å². The molecule has 0 aromatic carbocycles. The van der Waals surface area contributed by atoms with Crippen molar-refractivity contribution in [3.63, 3.8) is 0 Å². The number of hydrogen-bond acceptors (Lipinski definition) is 14. The van der Waals surface area contributed by atoms with Crippen LogP contribution >= 0.6 is 0 Å². The average molecular weight is 868 g/mol. The number of carboxylic acid groups (broad SMARTS) is 2. The van der Waals surface area contributed by atoms with Gasteiger partial charge in [0.2, 0.25) is 5.91 Å². The maximum Gasteiger partial charge on any atom is 0.317 e. The number of carbonyl (C=O) groups is 4. The number of carboxylic acids is 2. The molecule has 0 saturated carbocycles. The van der Waals surface area contributed by atoms with Gasteiger partial charge in [0.1, 0.15) is 5.78 Å². The first-order valence-corrected chi connectivity index (χ1v) is 21.3. The van der Waals surface area contributed by atoms with Gasteiger partial charge in [0.15, 0.2) is 0 Å². The zero-order chi connectivity index (χ0) is 43.8. The summed E-state index contributed by atoms with van der Waals surface area (Å²) in [6.45, 7) is 7.14. The van der Waals surface area contributed by atoms with Crippen molar-refractivity contribution in [3.8, 4) is 0 Å². The van der Waals surface area contributed by atoms with E-state index in [1.54, 1.807) is 24.8 Å². The Hall–Kier alpha value is -5.56. The Kier molecular flexibility index (Phi) is 22.4. The number of carbonyl (C=O) groups excluding carboxylic acids is 2. The summed E-state index contributed by atoms with van der Waals surface area (Å²) in [7, 11) is 0. The number of ketones is 1. The lowest BCUT2D eigenvalue weighted by Gasteiger charge is -2.33. The van der Waals surface area contributed by atoms with Crippen LogP contribution in [-0.4, -0.2) is 181 Å². The van der Waals surface area contributed by atoms with E-state index in [0.717, 1.165) is 22.8 Å². The minimum Gasteiger partial charge on any atom is -0.480 e. The van der Waals surface area contributed by atoms with Crippen molar-refractivity contribution in [2.24, 2.45) is 0 Å². The number of nitrogens with one attached hydrogen (secondary N) is 1. The molecule has 1 fully saturated rings. The molecule has 63 heavy (non-hydrogen) atoms. The van der Waals surface area contributed by atoms with Crippen LogP contribution in [0.1, 0.15) is 43.0 Å². The van der Waals surface area contributed by atoms with E-state index in [-0.39, 0.29) is 45.3 Å². The molecule has 3 N–H and O–H groups in total. The van der Waals surface area contributed by atoms with E-state index in [9.17, 15) is 29.4 Å². The second-order valence-electron chi connectivity index (χ2n) is 15.6. The molecule has 1 aliphatic heterocycles. The quantitative estimate of drug-likeness (QED) is 0.0985. The Morgan fingerprint density at radius 3 is 1.21 bits per heavy atom. The number of amides is 1. The largest absolute Gasteiger partial charge is 0.480 e. The van der Waals surface area contributed by atoms with Crippen LogP contribution in [0.3, 0.4) is 0 Å². The summed E-state index contributed by atoms with van der Waals surface area (Å²) in [6.07, 6.45) is 8.06. The third kappa shape index (κ3) is 20.5. The zero-order valence-electron chi connectivity index (χ0n) is 35.6. The van der Waals surface area contributed by atoms with E-state index in [4.69, 9.17) is 0 Å². The molecule has 0 unspecified atom stereocenters. The smallest absolute Gasteiger partial charge is 0.317 e. The van der Waals surface area contributed by atoms with E-state index in [0.29, 0.717) is 111 Å². The summed E-state index contributed by atoms with van der Waals surface area (Å²) in [5, 5.41) is 22.6. The number of hydrogen-bond donors (Lipinski definition) is 3. The number of rotatable bonds is 23. The first-order valence-electron chi connectivity index (χ1n) is 21.3. The number of aromatic nitrogens is 4. The van der Waals surface area contributed by atoms with Gasteiger partial charge >= 0.3 is 11.9 Å². The molecule has 0 aliphatic carbocycles. The SMILES string of the molecule is C.O=C(O)CN1CCN(CC(=O)CCCN(Cc2ccccn2)Cc2ccccn2)CCN(CC(=O)O)CCN(CC(=O)NCCN(Cc2ccccn2)Cc2ccccn2)CC1. The topological polar surface area (TPSA) is 192 Å². The second kappa shape index (κ2) is 28.2. The molecular formula is C46H65N11O6. The summed E-state index contributed by atoms with van der Waals surface area (Å²) in [4.78, 5) is 80.7. The van der Waals surface area contributed by atoms with Gasteiger partial charge in [0.05, 0.1) is 49.0 Å². The molecule has 17 nitrogen and oxygen atoms in total. The van der Waals surface area contributed by atoms with Crippen LogP contribution < -0.4 is 5.32 Å². The Bertz CT molecular complexity index is 1680. The lowest BCUT2D eigenvalue weighted by molar-refractivity contribution is -0.139. The molecule has 1 aliphatic rings. The monoisotopic (exact) mass is 868 g/mol. The fraction of sp³-hybridized carbons (Fsp3) is 0.478. The van der Waals surface area contributed by atoms with E-state index >= 15 is 0 Å². The molecule has 1 saturated heterocycles. The second-order valence-corrected chi connectivity index (χ2v) is 15.6. The molecule has 0 radical (unpaired) electrons. The van der Waals surface area contributed by atoms with Crippen molar-refractivity contribution in [2.45, 2.75) is 46.4 Å². The van der Waals surface area contributed by atoms with Crippen molar-refractivity contribution in [2.75, 3.05) is 98.2 Å². The summed E-state index contributed by atoms with van der Waals surface area (Å²) in [5.74, 6) is -2.03. The minimum absolute atomic E-state index is 0. The Morgan fingerprint density at radius 1 is 0.508 bits per heavy atom. The number of nitrogens with zero attached hydrogens (tertiary/aromatic N) is 10. The molecule has 17 heteroatoms. The molecule has 5 heterocycles. The van der Waals surface area contributed by atoms with Crippen molar-refractivity contribution >= 4 is 23.6 Å². The molecule has 4 aromatic heterocycles. The number of Topliss-reactive ketones (excluding diaryl/α,β-unsaturated/α-hetero) is 1. The third-order valence-electron chi connectivity index (χ3n) is 10.5. The van der Waals surface area contributed by atoms with Crippen LogP contribution in [0.4, 0.5) is 0 Å². The highest BCUT2D eigenvalue weighted by Gasteiger charge is 2.22. The fourth-order valence-electron chi connectivity index (χ4n) is 7.35. The van der Waals surface area contributed by atoms with E-state index in [1.165, 1.54) is 0 Å². The molecule has 5 rings (SSSR count). The van der Waals surface area contributed by atoms with Crippen LogP contribution in [0.15, 0.2) is 97.6 Å². The van der Waals surface area contributed by atoms with Gasteiger partial charge in [-0.25, -0.2) is 0 Å². The summed E-state index contributed by atoms with van der Waals surface area (Å²) < 4.78 is 0. The standard InChI is InChI=1S/C45H61N11O6.CH4/c57-42(14-9-20-55(30-38-10-1-5-15-46-38)31-39-11-2-6-16-47-39)34-51-22-26-53(36-44(59)60)28-24-52(25-29-54(27-23-51)37-45(61)62)35-43(58)50-19-21-56(32-40-12-3-7-17-48-40)33-41-13-4-8-18-49-41;/h1-8,10-13,15-18H,9,14,19-37H2,(H,50,58)(H,59,60)(H,61,62);1H4. The molecular weight excluding hydrogens is 803 g/mol. The summed E-state index contributed by atoms with van der Waals surface area (Å²) in [5.41, 5.74) is 3.69. The lowest BCUT2D eigenvalue weighted by atomic mass is 10.2. The van der Waals surface area contributed by atoms with E-state index in [2.05, 4.69) is 35.1 Å². The maximum absolute atomic E-state index is 13.5. The van der Waals surface area contributed by atoms with Crippen LogP contribution in [0.5, 0.6) is 0 Å². The summed E-state index contributed by atoms with van der Waals surface area (Å²) >= 11 is 0. The van der Waals surface area contributed by atoms with Gasteiger partial charge in [0, 0.05) is 123 Å². The molecule has 340 valence electrons. The highest BCUT2D eigenvalue weighted by molar-refractivity contribution is 5.80. The summed E-state index contributed by atoms with van der Waals surface area (Å²) in [6, 6.07) is 23.2. The number of aliphatic carboxylic acids is 2. The van der Waals surface area contributed by atoms with Crippen LogP contribution in [-0.2, 0) is 45.4 Å². The normalized spacial score (nSPS) is 15.0. The highest BCUT2D eigenvalue weighted by atomic mass is 16.4. The van der Waals surface area contributed by atoms with E-state index in [1.807, 2.05) is 92.4 Å². The van der Waals surface area contributed by atoms with Crippen LogP contribution in [0, 0.1) is 0 Å². The fourth-order valence-corrected chi connectivity index (χ4v) is 7.35. The van der Waals surface area contributed by atoms with Crippen molar-refractivity contribution in [3.05, 3.63) is 120 Å². The van der Waals surface area contributed by atoms with Gasteiger partial charge in [-0.15, -0.1) is 0 Å². The third-order valence-corrected chi connectivity index (χ3v) is 10.5. The molecule has 1 amide bonds. The Balaban J connectivity index is 0.00000871. The predicted octanol–water partition coefficient (Wildman–Crippen LogP) is 2.46. The molecule has 0 spiro atoms. The van der Waals surface area contributed by atoms with Crippen molar-refractivity contribution < 1.29 is 29.4 Å². The van der Waals surface area contributed by atoms with Crippen molar-refractivity contribution in [1.82, 2.24) is 54.7 Å². The molecule has 4 aromatic rings. The minimum atomic E-state index is -0.960. The maximum atomic E-state index is 13.5.